The third kappa shape index (κ3) is 4.38. The van der Waals surface area contributed by atoms with Gasteiger partial charge < -0.3 is 0 Å². The molecule has 3 nitrogen and oxygen atoms in total. The molecule has 2 aromatic rings. The van der Waals surface area contributed by atoms with Crippen molar-refractivity contribution in [3.05, 3.63) is 69.8 Å². The molecule has 0 atom stereocenters. The summed E-state index contributed by atoms with van der Waals surface area (Å²) >= 11 is 0. The molecule has 0 fully saturated rings. The number of Topliss-reactive ketones (excluding diaryl/α,β-unsaturated/α-hetero) is 1. The van der Waals surface area contributed by atoms with Crippen LogP contribution in [0.3, 0.4) is 0 Å². The van der Waals surface area contributed by atoms with Gasteiger partial charge in [0.2, 0.25) is 0 Å². The molecule has 1 aliphatic rings. The molecule has 0 saturated heterocycles. The molecule has 0 aliphatic heterocycles. The average molecular weight is 399 g/mol. The molecule has 28 heavy (non-hydrogen) atoms. The lowest BCUT2D eigenvalue weighted by atomic mass is 9.84. The van der Waals surface area contributed by atoms with Crippen LogP contribution in [0.5, 0.6) is 0 Å². The van der Waals surface area contributed by atoms with Crippen LogP contribution in [-0.2, 0) is 34.9 Å². The standard InChI is InChI=1S/C24H30O3S/c1-17-9-12-20(22-8-6-5-7-21(17)22)15-23(25)19-13-10-18(11-14-19)16-28(26,27)24(2,3)4/h9-14H,5-8,15-16H2,1-4H3. The Morgan fingerprint density at radius 2 is 1.54 bits per heavy atom. The van der Waals surface area contributed by atoms with Gasteiger partial charge in [0.1, 0.15) is 0 Å². The van der Waals surface area contributed by atoms with E-state index >= 15 is 0 Å². The fourth-order valence-electron chi connectivity index (χ4n) is 3.79. The van der Waals surface area contributed by atoms with Crippen LogP contribution in [0.2, 0.25) is 0 Å². The van der Waals surface area contributed by atoms with Crippen molar-refractivity contribution in [3.63, 3.8) is 0 Å². The monoisotopic (exact) mass is 398 g/mol. The summed E-state index contributed by atoms with van der Waals surface area (Å²) in [5, 5.41) is 0. The summed E-state index contributed by atoms with van der Waals surface area (Å²) < 4.78 is 24.0. The number of hydrogen-bond acceptors (Lipinski definition) is 3. The summed E-state index contributed by atoms with van der Waals surface area (Å²) in [6.45, 7) is 7.29. The van der Waals surface area contributed by atoms with E-state index in [9.17, 15) is 13.2 Å². The Labute approximate surface area is 169 Å². The highest BCUT2D eigenvalue weighted by atomic mass is 32.2. The van der Waals surface area contributed by atoms with Crippen LogP contribution in [0, 0.1) is 6.92 Å². The number of sulfone groups is 1. The lowest BCUT2D eigenvalue weighted by molar-refractivity contribution is 0.0992. The molecule has 3 rings (SSSR count). The summed E-state index contributed by atoms with van der Waals surface area (Å²) in [6.07, 6.45) is 4.99. The zero-order chi connectivity index (χ0) is 20.5. The lowest BCUT2D eigenvalue weighted by Crippen LogP contribution is -2.29. The van der Waals surface area contributed by atoms with Gasteiger partial charge in [-0.15, -0.1) is 0 Å². The number of aryl methyl sites for hydroxylation is 1. The maximum Gasteiger partial charge on any atom is 0.167 e. The largest absolute Gasteiger partial charge is 0.294 e. The smallest absolute Gasteiger partial charge is 0.167 e. The van der Waals surface area contributed by atoms with E-state index < -0.39 is 14.6 Å². The van der Waals surface area contributed by atoms with Gasteiger partial charge in [-0.3, -0.25) is 4.79 Å². The van der Waals surface area contributed by atoms with Crippen LogP contribution in [-0.4, -0.2) is 18.9 Å². The Hall–Kier alpha value is -1.94. The van der Waals surface area contributed by atoms with Crippen molar-refractivity contribution in [2.45, 2.75) is 70.3 Å². The van der Waals surface area contributed by atoms with Crippen LogP contribution in [0.25, 0.3) is 0 Å². The molecular weight excluding hydrogens is 368 g/mol. The third-order valence-electron chi connectivity index (χ3n) is 5.78. The summed E-state index contributed by atoms with van der Waals surface area (Å²) in [6, 6.07) is 11.3. The fraction of sp³-hybridized carbons (Fsp3) is 0.458. The number of ketones is 1. The van der Waals surface area contributed by atoms with Crippen LogP contribution in [0.1, 0.15) is 71.8 Å². The second-order valence-electron chi connectivity index (χ2n) is 8.87. The van der Waals surface area contributed by atoms with Gasteiger partial charge in [0.05, 0.1) is 10.5 Å². The van der Waals surface area contributed by atoms with Gasteiger partial charge in [0.15, 0.2) is 15.6 Å². The second-order valence-corrected chi connectivity index (χ2v) is 11.6. The quantitative estimate of drug-likeness (QED) is 0.665. The van der Waals surface area contributed by atoms with E-state index in [1.807, 2.05) is 0 Å². The summed E-state index contributed by atoms with van der Waals surface area (Å²) in [7, 11) is -3.23. The highest BCUT2D eigenvalue weighted by molar-refractivity contribution is 7.91. The minimum atomic E-state index is -3.23. The van der Waals surface area contributed by atoms with Gasteiger partial charge in [-0.05, 0) is 81.2 Å². The molecule has 150 valence electrons. The van der Waals surface area contributed by atoms with Crippen molar-refractivity contribution >= 4 is 15.6 Å². The van der Waals surface area contributed by atoms with E-state index in [4.69, 9.17) is 0 Å². The highest BCUT2D eigenvalue weighted by Crippen LogP contribution is 2.28. The minimum absolute atomic E-state index is 0.00353. The first-order valence-corrected chi connectivity index (χ1v) is 11.7. The first-order chi connectivity index (χ1) is 13.1. The molecule has 1 aliphatic carbocycles. The van der Waals surface area contributed by atoms with Crippen molar-refractivity contribution in [3.8, 4) is 0 Å². The van der Waals surface area contributed by atoms with Crippen LogP contribution in [0.15, 0.2) is 36.4 Å². The molecule has 0 saturated carbocycles. The van der Waals surface area contributed by atoms with Crippen molar-refractivity contribution in [2.75, 3.05) is 0 Å². The molecule has 0 bridgehead atoms. The van der Waals surface area contributed by atoms with E-state index in [0.29, 0.717) is 12.0 Å². The summed E-state index contributed by atoms with van der Waals surface area (Å²) in [5.74, 6) is 0.0815. The predicted molar refractivity (Wildman–Crippen MR) is 115 cm³/mol. The number of benzene rings is 2. The molecule has 0 N–H and O–H groups in total. The van der Waals surface area contributed by atoms with E-state index in [0.717, 1.165) is 24.0 Å². The molecule has 4 heteroatoms. The summed E-state index contributed by atoms with van der Waals surface area (Å²) in [4.78, 5) is 12.8. The van der Waals surface area contributed by atoms with E-state index in [2.05, 4.69) is 19.1 Å². The maximum absolute atomic E-state index is 12.8. The van der Waals surface area contributed by atoms with Crippen LogP contribution in [0.4, 0.5) is 0 Å². The van der Waals surface area contributed by atoms with Gasteiger partial charge in [-0.1, -0.05) is 36.4 Å². The fourth-order valence-corrected chi connectivity index (χ4v) is 4.85. The van der Waals surface area contributed by atoms with E-state index in [1.54, 1.807) is 45.0 Å². The summed E-state index contributed by atoms with van der Waals surface area (Å²) in [5.41, 5.74) is 6.63. The highest BCUT2D eigenvalue weighted by Gasteiger charge is 2.29. The SMILES string of the molecule is Cc1ccc(CC(=O)c2ccc(CS(=O)(=O)C(C)(C)C)cc2)c2c1CCCC2. The van der Waals surface area contributed by atoms with Gasteiger partial charge in [-0.2, -0.15) is 0 Å². The van der Waals surface area contributed by atoms with Gasteiger partial charge in [-0.25, -0.2) is 8.42 Å². The molecular formula is C24H30O3S. The molecule has 0 aromatic heterocycles. The van der Waals surface area contributed by atoms with Gasteiger partial charge in [0.25, 0.3) is 0 Å². The number of hydrogen-bond donors (Lipinski definition) is 0. The third-order valence-corrected chi connectivity index (χ3v) is 8.36. The van der Waals surface area contributed by atoms with Gasteiger partial charge >= 0.3 is 0 Å². The van der Waals surface area contributed by atoms with Crippen molar-refractivity contribution in [1.29, 1.82) is 0 Å². The Balaban J connectivity index is 1.76. The molecule has 0 amide bonds. The van der Waals surface area contributed by atoms with Crippen LogP contribution < -0.4 is 0 Å². The number of carbonyl (C=O) groups excluding carboxylic acids is 1. The molecule has 0 radical (unpaired) electrons. The number of carbonyl (C=O) groups is 1. The van der Waals surface area contributed by atoms with Crippen LogP contribution >= 0.6 is 0 Å². The number of fused-ring (bicyclic) bond motifs is 1. The Morgan fingerprint density at radius 3 is 2.14 bits per heavy atom. The first kappa shape index (κ1) is 20.8. The van der Waals surface area contributed by atoms with Crippen molar-refractivity contribution < 1.29 is 13.2 Å². The van der Waals surface area contributed by atoms with E-state index in [-0.39, 0.29) is 11.5 Å². The molecule has 0 heterocycles. The normalized spacial score (nSPS) is 14.6. The lowest BCUT2D eigenvalue weighted by Gasteiger charge is -2.21. The maximum atomic E-state index is 12.8. The van der Waals surface area contributed by atoms with Crippen molar-refractivity contribution in [2.24, 2.45) is 0 Å². The predicted octanol–water partition coefficient (Wildman–Crippen LogP) is 5.01. The molecule has 0 unspecified atom stereocenters. The Morgan fingerprint density at radius 1 is 0.929 bits per heavy atom. The molecule has 0 spiro atoms. The second kappa shape index (κ2) is 7.82. The Bertz CT molecular complexity index is 978. The van der Waals surface area contributed by atoms with Gasteiger partial charge in [0, 0.05) is 12.0 Å². The zero-order valence-corrected chi connectivity index (χ0v) is 18.2. The number of rotatable bonds is 5. The zero-order valence-electron chi connectivity index (χ0n) is 17.3. The first-order valence-electron chi connectivity index (χ1n) is 10.0. The van der Waals surface area contributed by atoms with Crippen molar-refractivity contribution in [1.82, 2.24) is 0 Å². The minimum Gasteiger partial charge on any atom is -0.294 e. The average Bonchev–Trinajstić information content (AvgIpc) is 2.63. The Kier molecular flexibility index (Phi) is 5.81. The molecule has 2 aromatic carbocycles. The topological polar surface area (TPSA) is 51.2 Å². The van der Waals surface area contributed by atoms with E-state index in [1.165, 1.54) is 29.5 Å².